The molecule has 0 aromatic carbocycles. The van der Waals surface area contributed by atoms with Crippen molar-refractivity contribution >= 4 is 22.4 Å². The van der Waals surface area contributed by atoms with E-state index in [1.807, 2.05) is 12.3 Å². The lowest BCUT2D eigenvalue weighted by atomic mass is 10.2. The van der Waals surface area contributed by atoms with E-state index in [0.717, 1.165) is 18.7 Å². The smallest absolute Gasteiger partial charge is 0.225 e. The normalized spacial score (nSPS) is 12.4. The molecule has 90 valence electrons. The molecular formula is C11H19N3OS. The van der Waals surface area contributed by atoms with Gasteiger partial charge in [0, 0.05) is 17.8 Å². The van der Waals surface area contributed by atoms with Crippen LogP contribution in [0.2, 0.25) is 0 Å². The molecule has 0 bridgehead atoms. The first kappa shape index (κ1) is 13.1. The molecule has 4 nitrogen and oxygen atoms in total. The predicted octanol–water partition coefficient (Wildman–Crippen LogP) is 2.55. The minimum Gasteiger partial charge on any atom is -0.309 e. The standard InChI is InChI=1S/C11H19N3OS/c1-4-6-12-8(3)9-7-16-11(13-9)14-10(15)5-2/h7-8,12H,4-6H2,1-3H3,(H,13,14,15). The Morgan fingerprint density at radius 3 is 2.94 bits per heavy atom. The zero-order chi connectivity index (χ0) is 12.0. The van der Waals surface area contributed by atoms with E-state index in [1.54, 1.807) is 0 Å². The summed E-state index contributed by atoms with van der Waals surface area (Å²) in [4.78, 5) is 15.5. The summed E-state index contributed by atoms with van der Waals surface area (Å²) in [6, 6.07) is 0.239. The number of nitrogens with one attached hydrogen (secondary N) is 2. The first-order valence-corrected chi connectivity index (χ1v) is 6.54. The number of hydrogen-bond donors (Lipinski definition) is 2. The molecule has 1 unspecified atom stereocenters. The van der Waals surface area contributed by atoms with Gasteiger partial charge < -0.3 is 10.6 Å². The van der Waals surface area contributed by atoms with Crippen molar-refractivity contribution in [3.63, 3.8) is 0 Å². The maximum Gasteiger partial charge on any atom is 0.225 e. The van der Waals surface area contributed by atoms with Crippen molar-refractivity contribution in [1.29, 1.82) is 0 Å². The third kappa shape index (κ3) is 3.90. The third-order valence-corrected chi connectivity index (χ3v) is 3.01. The molecule has 0 radical (unpaired) electrons. The molecule has 0 saturated heterocycles. The van der Waals surface area contributed by atoms with E-state index in [-0.39, 0.29) is 11.9 Å². The topological polar surface area (TPSA) is 54.0 Å². The lowest BCUT2D eigenvalue weighted by Crippen LogP contribution is -2.19. The van der Waals surface area contributed by atoms with Gasteiger partial charge in [-0.2, -0.15) is 0 Å². The van der Waals surface area contributed by atoms with Gasteiger partial charge in [-0.05, 0) is 19.9 Å². The van der Waals surface area contributed by atoms with Crippen molar-refractivity contribution in [2.75, 3.05) is 11.9 Å². The summed E-state index contributed by atoms with van der Waals surface area (Å²) in [5.41, 5.74) is 0.991. The molecule has 1 aromatic heterocycles. The molecule has 1 heterocycles. The van der Waals surface area contributed by atoms with Gasteiger partial charge in [0.2, 0.25) is 5.91 Å². The van der Waals surface area contributed by atoms with Gasteiger partial charge in [-0.1, -0.05) is 13.8 Å². The molecule has 1 aromatic rings. The maximum absolute atomic E-state index is 11.2. The van der Waals surface area contributed by atoms with Gasteiger partial charge in [0.15, 0.2) is 5.13 Å². The monoisotopic (exact) mass is 241 g/mol. The van der Waals surface area contributed by atoms with Crippen molar-refractivity contribution in [3.8, 4) is 0 Å². The van der Waals surface area contributed by atoms with Crippen molar-refractivity contribution in [2.24, 2.45) is 0 Å². The summed E-state index contributed by atoms with van der Waals surface area (Å²) >= 11 is 1.47. The zero-order valence-electron chi connectivity index (χ0n) is 10.0. The van der Waals surface area contributed by atoms with Gasteiger partial charge in [0.1, 0.15) is 0 Å². The largest absolute Gasteiger partial charge is 0.309 e. The lowest BCUT2D eigenvalue weighted by molar-refractivity contribution is -0.115. The van der Waals surface area contributed by atoms with Crippen LogP contribution < -0.4 is 10.6 Å². The van der Waals surface area contributed by atoms with Crippen molar-refractivity contribution < 1.29 is 4.79 Å². The van der Waals surface area contributed by atoms with Crippen LogP contribution in [0.1, 0.15) is 45.3 Å². The Kier molecular flexibility index (Phi) is 5.42. The first-order valence-electron chi connectivity index (χ1n) is 5.66. The number of rotatable bonds is 6. The van der Waals surface area contributed by atoms with Crippen molar-refractivity contribution in [1.82, 2.24) is 10.3 Å². The Morgan fingerprint density at radius 2 is 2.31 bits per heavy atom. The molecular weight excluding hydrogens is 222 g/mol. The van der Waals surface area contributed by atoms with Crippen LogP contribution in [0.5, 0.6) is 0 Å². The molecule has 2 N–H and O–H groups in total. The van der Waals surface area contributed by atoms with E-state index in [1.165, 1.54) is 11.3 Å². The lowest BCUT2D eigenvalue weighted by Gasteiger charge is -2.09. The molecule has 0 saturated carbocycles. The third-order valence-electron chi connectivity index (χ3n) is 2.23. The molecule has 16 heavy (non-hydrogen) atoms. The van der Waals surface area contributed by atoms with E-state index < -0.39 is 0 Å². The van der Waals surface area contributed by atoms with Crippen LogP contribution >= 0.6 is 11.3 Å². The summed E-state index contributed by atoms with van der Waals surface area (Å²) in [7, 11) is 0. The van der Waals surface area contributed by atoms with E-state index in [9.17, 15) is 4.79 Å². The second-order valence-electron chi connectivity index (χ2n) is 3.66. The second kappa shape index (κ2) is 6.60. The highest BCUT2D eigenvalue weighted by molar-refractivity contribution is 7.13. The minimum atomic E-state index is 0.00932. The van der Waals surface area contributed by atoms with Crippen LogP contribution in [-0.4, -0.2) is 17.4 Å². The summed E-state index contributed by atoms with van der Waals surface area (Å²) in [6.45, 7) is 7.02. The molecule has 0 fully saturated rings. The van der Waals surface area contributed by atoms with Crippen LogP contribution in [0.3, 0.4) is 0 Å². The van der Waals surface area contributed by atoms with Crippen molar-refractivity contribution in [2.45, 2.75) is 39.7 Å². The summed E-state index contributed by atoms with van der Waals surface area (Å²) in [5.74, 6) is 0.00932. The highest BCUT2D eigenvalue weighted by Crippen LogP contribution is 2.20. The summed E-state index contributed by atoms with van der Waals surface area (Å²) < 4.78 is 0. The quantitative estimate of drug-likeness (QED) is 0.804. The number of aromatic nitrogens is 1. The predicted molar refractivity (Wildman–Crippen MR) is 67.7 cm³/mol. The summed E-state index contributed by atoms with van der Waals surface area (Å²) in [5, 5.41) is 8.80. The number of thiazole rings is 1. The Bertz CT molecular complexity index is 338. The number of nitrogens with zero attached hydrogens (tertiary/aromatic N) is 1. The van der Waals surface area contributed by atoms with Crippen molar-refractivity contribution in [3.05, 3.63) is 11.1 Å². The van der Waals surface area contributed by atoms with Gasteiger partial charge in [-0.3, -0.25) is 4.79 Å². The molecule has 0 aliphatic carbocycles. The maximum atomic E-state index is 11.2. The minimum absolute atomic E-state index is 0.00932. The molecule has 1 amide bonds. The number of amides is 1. The molecule has 0 aliphatic rings. The van der Waals surface area contributed by atoms with Crippen LogP contribution in [0, 0.1) is 0 Å². The highest BCUT2D eigenvalue weighted by Gasteiger charge is 2.10. The fourth-order valence-corrected chi connectivity index (χ4v) is 2.04. The fourth-order valence-electron chi connectivity index (χ4n) is 1.22. The number of anilines is 1. The molecule has 0 aliphatic heterocycles. The Labute approximate surface area is 100 Å². The van der Waals surface area contributed by atoms with Crippen LogP contribution in [0.15, 0.2) is 5.38 Å². The van der Waals surface area contributed by atoms with E-state index in [0.29, 0.717) is 11.6 Å². The second-order valence-corrected chi connectivity index (χ2v) is 4.51. The average molecular weight is 241 g/mol. The average Bonchev–Trinajstić information content (AvgIpc) is 2.74. The Morgan fingerprint density at radius 1 is 1.56 bits per heavy atom. The Balaban J connectivity index is 2.53. The summed E-state index contributed by atoms with van der Waals surface area (Å²) in [6.07, 6.45) is 1.59. The first-order chi connectivity index (χ1) is 7.67. The zero-order valence-corrected chi connectivity index (χ0v) is 10.9. The fraction of sp³-hybridized carbons (Fsp3) is 0.636. The number of carbonyl (C=O) groups excluding carboxylic acids is 1. The van der Waals surface area contributed by atoms with Gasteiger partial charge in [-0.25, -0.2) is 4.98 Å². The van der Waals surface area contributed by atoms with Crippen LogP contribution in [-0.2, 0) is 4.79 Å². The Hall–Kier alpha value is -0.940. The number of hydrogen-bond acceptors (Lipinski definition) is 4. The highest BCUT2D eigenvalue weighted by atomic mass is 32.1. The molecule has 1 atom stereocenters. The molecule has 1 rings (SSSR count). The van der Waals surface area contributed by atoms with Crippen LogP contribution in [0.25, 0.3) is 0 Å². The van der Waals surface area contributed by atoms with Gasteiger partial charge in [0.25, 0.3) is 0 Å². The van der Waals surface area contributed by atoms with E-state index in [2.05, 4.69) is 29.5 Å². The van der Waals surface area contributed by atoms with E-state index in [4.69, 9.17) is 0 Å². The van der Waals surface area contributed by atoms with E-state index >= 15 is 0 Å². The number of carbonyl (C=O) groups is 1. The van der Waals surface area contributed by atoms with Gasteiger partial charge in [-0.15, -0.1) is 11.3 Å². The van der Waals surface area contributed by atoms with Crippen LogP contribution in [0.4, 0.5) is 5.13 Å². The molecule has 0 spiro atoms. The SMILES string of the molecule is CCCNC(C)c1csc(NC(=O)CC)n1. The van der Waals surface area contributed by atoms with Gasteiger partial charge in [0.05, 0.1) is 5.69 Å². The van der Waals surface area contributed by atoms with Gasteiger partial charge >= 0.3 is 0 Å². The molecule has 5 heteroatoms.